The Hall–Kier alpha value is -0.840. The number of aromatic nitrogens is 2. The van der Waals surface area contributed by atoms with Crippen molar-refractivity contribution in [2.24, 2.45) is 0 Å². The fourth-order valence-corrected chi connectivity index (χ4v) is 1.11. The van der Waals surface area contributed by atoms with Crippen LogP contribution in [0.1, 0.15) is 13.0 Å². The molecule has 0 saturated carbocycles. The van der Waals surface area contributed by atoms with E-state index >= 15 is 0 Å². The Morgan fingerprint density at radius 1 is 1.83 bits per heavy atom. The molecule has 1 aromatic rings. The number of ether oxygens (including phenoxy) is 1. The lowest BCUT2D eigenvalue weighted by Crippen LogP contribution is -2.17. The summed E-state index contributed by atoms with van der Waals surface area (Å²) in [4.78, 5) is 11.0. The zero-order valence-corrected chi connectivity index (χ0v) is 8.41. The molecule has 0 aromatic carbocycles. The van der Waals surface area contributed by atoms with E-state index in [1.54, 1.807) is 19.3 Å². The average Bonchev–Trinajstić information content (AvgIpc) is 2.49. The number of halogens is 1. The number of rotatable bonds is 2. The van der Waals surface area contributed by atoms with E-state index in [2.05, 4.69) is 25.8 Å². The number of carbonyl (C=O) groups excluding carboxylic acids is 1. The van der Waals surface area contributed by atoms with E-state index < -0.39 is 0 Å². The number of esters is 1. The number of hydrogen-bond acceptors (Lipinski definition) is 3. The van der Waals surface area contributed by atoms with Gasteiger partial charge in [-0.3, -0.25) is 4.68 Å². The lowest BCUT2D eigenvalue weighted by Gasteiger charge is -2.08. The molecule has 12 heavy (non-hydrogen) atoms. The van der Waals surface area contributed by atoms with Gasteiger partial charge in [-0.1, -0.05) is 0 Å². The summed E-state index contributed by atoms with van der Waals surface area (Å²) in [5.74, 6) is -0.300. The standard InChI is InChI=1S/C7H9BrN2O2/c1-5(7(11)12-2)10-4-6(8)3-9-10/h3-5H,1-2H3/t5-/m0/s1. The topological polar surface area (TPSA) is 44.1 Å². The van der Waals surface area contributed by atoms with Gasteiger partial charge in [0.2, 0.25) is 0 Å². The smallest absolute Gasteiger partial charge is 0.330 e. The molecule has 0 unspecified atom stereocenters. The van der Waals surface area contributed by atoms with Crippen LogP contribution in [0.15, 0.2) is 16.9 Å². The van der Waals surface area contributed by atoms with Gasteiger partial charge in [-0.2, -0.15) is 5.10 Å². The van der Waals surface area contributed by atoms with E-state index in [4.69, 9.17) is 0 Å². The second kappa shape index (κ2) is 3.71. The quantitative estimate of drug-likeness (QED) is 0.725. The highest BCUT2D eigenvalue weighted by atomic mass is 79.9. The van der Waals surface area contributed by atoms with Gasteiger partial charge in [0.15, 0.2) is 0 Å². The predicted molar refractivity (Wildman–Crippen MR) is 46.7 cm³/mol. The molecule has 0 saturated heterocycles. The second-order valence-electron chi connectivity index (χ2n) is 2.34. The summed E-state index contributed by atoms with van der Waals surface area (Å²) in [6, 6.07) is -0.374. The Bertz CT molecular complexity index is 285. The number of methoxy groups -OCH3 is 1. The molecule has 4 nitrogen and oxygen atoms in total. The molecule has 0 N–H and O–H groups in total. The highest BCUT2D eigenvalue weighted by Gasteiger charge is 2.15. The molecule has 0 radical (unpaired) electrons. The summed E-state index contributed by atoms with van der Waals surface area (Å²) >= 11 is 3.24. The van der Waals surface area contributed by atoms with Crippen LogP contribution in [0.4, 0.5) is 0 Å². The van der Waals surface area contributed by atoms with Crippen molar-refractivity contribution in [1.29, 1.82) is 0 Å². The molecule has 0 aliphatic heterocycles. The Morgan fingerprint density at radius 3 is 2.92 bits per heavy atom. The van der Waals surface area contributed by atoms with Crippen LogP contribution in [-0.4, -0.2) is 22.9 Å². The number of hydrogen-bond donors (Lipinski definition) is 0. The minimum absolute atomic E-state index is 0.300. The first kappa shape index (κ1) is 9.25. The number of nitrogens with zero attached hydrogens (tertiary/aromatic N) is 2. The van der Waals surface area contributed by atoms with Crippen LogP contribution in [0.3, 0.4) is 0 Å². The highest BCUT2D eigenvalue weighted by Crippen LogP contribution is 2.12. The number of carbonyl (C=O) groups is 1. The monoisotopic (exact) mass is 232 g/mol. The van der Waals surface area contributed by atoms with Crippen molar-refractivity contribution in [3.05, 3.63) is 16.9 Å². The Morgan fingerprint density at radius 2 is 2.50 bits per heavy atom. The minimum Gasteiger partial charge on any atom is -0.467 e. The molecule has 5 heteroatoms. The molecule has 0 aliphatic rings. The SMILES string of the molecule is COC(=O)[C@H](C)n1cc(Br)cn1. The van der Waals surface area contributed by atoms with Gasteiger partial charge in [-0.05, 0) is 22.9 Å². The fraction of sp³-hybridized carbons (Fsp3) is 0.429. The Kier molecular flexibility index (Phi) is 2.86. The van der Waals surface area contributed by atoms with Crippen LogP contribution >= 0.6 is 15.9 Å². The van der Waals surface area contributed by atoms with Crippen LogP contribution in [-0.2, 0) is 9.53 Å². The van der Waals surface area contributed by atoms with Crippen molar-refractivity contribution >= 4 is 21.9 Å². The lowest BCUT2D eigenvalue weighted by atomic mass is 10.3. The van der Waals surface area contributed by atoms with Crippen molar-refractivity contribution in [3.8, 4) is 0 Å². The predicted octanol–water partition coefficient (Wildman–Crippen LogP) is 1.38. The third-order valence-corrected chi connectivity index (χ3v) is 1.92. The summed E-state index contributed by atoms with van der Waals surface area (Å²) in [6.45, 7) is 1.73. The van der Waals surface area contributed by atoms with Gasteiger partial charge in [-0.15, -0.1) is 0 Å². The van der Waals surface area contributed by atoms with Crippen molar-refractivity contribution in [2.45, 2.75) is 13.0 Å². The first-order chi connectivity index (χ1) is 5.65. The summed E-state index contributed by atoms with van der Waals surface area (Å²) in [5, 5.41) is 3.95. The highest BCUT2D eigenvalue weighted by molar-refractivity contribution is 9.10. The van der Waals surface area contributed by atoms with Crippen LogP contribution in [0.5, 0.6) is 0 Å². The largest absolute Gasteiger partial charge is 0.467 e. The Balaban J connectivity index is 2.77. The maximum absolute atomic E-state index is 11.0. The molecule has 1 aromatic heterocycles. The van der Waals surface area contributed by atoms with E-state index in [-0.39, 0.29) is 12.0 Å². The van der Waals surface area contributed by atoms with Gasteiger partial charge < -0.3 is 4.74 Å². The van der Waals surface area contributed by atoms with Crippen LogP contribution in [0.2, 0.25) is 0 Å². The van der Waals surface area contributed by atoms with E-state index in [1.807, 2.05) is 0 Å². The molecule has 1 rings (SSSR count). The Labute approximate surface area is 78.6 Å². The normalized spacial score (nSPS) is 12.6. The average molecular weight is 233 g/mol. The zero-order valence-electron chi connectivity index (χ0n) is 6.82. The molecule has 1 heterocycles. The van der Waals surface area contributed by atoms with Crippen LogP contribution < -0.4 is 0 Å². The van der Waals surface area contributed by atoms with E-state index in [0.717, 1.165) is 4.47 Å². The third kappa shape index (κ3) is 1.85. The molecule has 0 spiro atoms. The van der Waals surface area contributed by atoms with Crippen molar-refractivity contribution in [2.75, 3.05) is 7.11 Å². The molecule has 0 bridgehead atoms. The van der Waals surface area contributed by atoms with Gasteiger partial charge in [0.1, 0.15) is 6.04 Å². The van der Waals surface area contributed by atoms with Gasteiger partial charge >= 0.3 is 5.97 Å². The van der Waals surface area contributed by atoms with E-state index in [9.17, 15) is 4.79 Å². The zero-order chi connectivity index (χ0) is 9.14. The van der Waals surface area contributed by atoms with Gasteiger partial charge in [-0.25, -0.2) is 4.79 Å². The van der Waals surface area contributed by atoms with E-state index in [1.165, 1.54) is 11.8 Å². The van der Waals surface area contributed by atoms with Crippen molar-refractivity contribution in [1.82, 2.24) is 9.78 Å². The summed E-state index contributed by atoms with van der Waals surface area (Å²) < 4.78 is 6.94. The summed E-state index contributed by atoms with van der Waals surface area (Å²) in [5.41, 5.74) is 0. The first-order valence-electron chi connectivity index (χ1n) is 3.42. The lowest BCUT2D eigenvalue weighted by molar-refractivity contribution is -0.144. The molecule has 0 fully saturated rings. The molecule has 0 aliphatic carbocycles. The minimum atomic E-state index is -0.374. The van der Waals surface area contributed by atoms with Crippen LogP contribution in [0, 0.1) is 0 Å². The molecule has 0 amide bonds. The van der Waals surface area contributed by atoms with E-state index in [0.29, 0.717) is 0 Å². The summed E-state index contributed by atoms with van der Waals surface area (Å²) in [7, 11) is 1.36. The van der Waals surface area contributed by atoms with Gasteiger partial charge in [0.05, 0.1) is 17.8 Å². The second-order valence-corrected chi connectivity index (χ2v) is 3.25. The van der Waals surface area contributed by atoms with Crippen molar-refractivity contribution in [3.63, 3.8) is 0 Å². The maximum atomic E-state index is 11.0. The molecular weight excluding hydrogens is 224 g/mol. The summed E-state index contributed by atoms with van der Waals surface area (Å²) in [6.07, 6.45) is 3.35. The van der Waals surface area contributed by atoms with Crippen LogP contribution in [0.25, 0.3) is 0 Å². The third-order valence-electron chi connectivity index (χ3n) is 1.51. The molecule has 66 valence electrons. The molecular formula is C7H9BrN2O2. The maximum Gasteiger partial charge on any atom is 0.330 e. The molecule has 1 atom stereocenters. The van der Waals surface area contributed by atoms with Crippen molar-refractivity contribution < 1.29 is 9.53 Å². The van der Waals surface area contributed by atoms with Gasteiger partial charge in [0.25, 0.3) is 0 Å². The van der Waals surface area contributed by atoms with Gasteiger partial charge in [0, 0.05) is 6.20 Å². The first-order valence-corrected chi connectivity index (χ1v) is 4.22. The fourth-order valence-electron chi connectivity index (χ4n) is 0.805.